The minimum atomic E-state index is -0.768. The number of hydrogen-bond acceptors (Lipinski definition) is 3. The summed E-state index contributed by atoms with van der Waals surface area (Å²) in [6.07, 6.45) is 1.89. The number of halogens is 1. The summed E-state index contributed by atoms with van der Waals surface area (Å²) < 4.78 is 23.8. The highest BCUT2D eigenvalue weighted by atomic mass is 19.1. The summed E-state index contributed by atoms with van der Waals surface area (Å²) in [6, 6.07) is 4.50. The first-order valence-corrected chi connectivity index (χ1v) is 5.85. The highest BCUT2D eigenvalue weighted by molar-refractivity contribution is 5.30. The van der Waals surface area contributed by atoms with Crippen LogP contribution in [0.15, 0.2) is 18.2 Å². The molecule has 4 heteroatoms. The summed E-state index contributed by atoms with van der Waals surface area (Å²) >= 11 is 0. The Hall–Kier alpha value is -1.13. The van der Waals surface area contributed by atoms with Crippen LogP contribution in [0.25, 0.3) is 0 Å². The van der Waals surface area contributed by atoms with Gasteiger partial charge in [0.05, 0.1) is 13.2 Å². The van der Waals surface area contributed by atoms with E-state index in [1.54, 1.807) is 6.07 Å². The van der Waals surface area contributed by atoms with E-state index in [9.17, 15) is 9.50 Å². The van der Waals surface area contributed by atoms with Crippen LogP contribution in [0.3, 0.4) is 0 Å². The summed E-state index contributed by atoms with van der Waals surface area (Å²) in [6.45, 7) is 0.667. The van der Waals surface area contributed by atoms with Crippen molar-refractivity contribution in [1.82, 2.24) is 0 Å². The summed E-state index contributed by atoms with van der Waals surface area (Å²) in [4.78, 5) is 0. The zero-order chi connectivity index (χ0) is 12.3. The number of benzene rings is 1. The van der Waals surface area contributed by atoms with Gasteiger partial charge in [-0.05, 0) is 37.0 Å². The number of hydrogen-bond donors (Lipinski definition) is 1. The van der Waals surface area contributed by atoms with Crippen molar-refractivity contribution >= 4 is 0 Å². The van der Waals surface area contributed by atoms with Gasteiger partial charge in [-0.15, -0.1) is 0 Å². The van der Waals surface area contributed by atoms with Crippen molar-refractivity contribution in [2.45, 2.75) is 31.5 Å². The van der Waals surface area contributed by atoms with E-state index in [1.807, 2.05) is 0 Å². The van der Waals surface area contributed by atoms with Crippen LogP contribution < -0.4 is 4.74 Å². The van der Waals surface area contributed by atoms with Gasteiger partial charge in [0.15, 0.2) is 11.6 Å². The van der Waals surface area contributed by atoms with Crippen LogP contribution in [0.4, 0.5) is 4.39 Å². The smallest absolute Gasteiger partial charge is 0.165 e. The lowest BCUT2D eigenvalue weighted by molar-refractivity contribution is -0.0634. The minimum absolute atomic E-state index is 0.186. The molecule has 0 bridgehead atoms. The van der Waals surface area contributed by atoms with Crippen LogP contribution in [0.2, 0.25) is 0 Å². The molecule has 0 radical (unpaired) electrons. The second kappa shape index (κ2) is 5.47. The largest absolute Gasteiger partial charge is 0.494 e. The van der Waals surface area contributed by atoms with Gasteiger partial charge in [0, 0.05) is 6.61 Å². The number of aliphatic hydroxyl groups is 1. The molecular formula is C13H17FO3. The first-order valence-electron chi connectivity index (χ1n) is 5.85. The Kier molecular flexibility index (Phi) is 3.97. The molecule has 2 atom stereocenters. The third kappa shape index (κ3) is 2.76. The molecule has 1 aliphatic heterocycles. The molecule has 1 aromatic rings. The highest BCUT2D eigenvalue weighted by Gasteiger charge is 2.24. The standard InChI is InChI=1S/C13H17FO3/c1-16-11-6-5-9(8-10(11)14)13(15)12-4-2-3-7-17-12/h5-6,8,12-13,15H,2-4,7H2,1H3. The number of aliphatic hydroxyl groups excluding tert-OH is 1. The Morgan fingerprint density at radius 1 is 1.47 bits per heavy atom. The van der Waals surface area contributed by atoms with E-state index in [2.05, 4.69) is 0 Å². The van der Waals surface area contributed by atoms with Crippen LogP contribution in [0.5, 0.6) is 5.75 Å². The van der Waals surface area contributed by atoms with Gasteiger partial charge in [0.2, 0.25) is 0 Å². The van der Waals surface area contributed by atoms with Crippen molar-refractivity contribution in [2.24, 2.45) is 0 Å². The summed E-state index contributed by atoms with van der Waals surface area (Å²) in [7, 11) is 1.42. The molecular weight excluding hydrogens is 223 g/mol. The number of rotatable bonds is 3. The maximum absolute atomic E-state index is 13.5. The Labute approximate surface area is 100 Å². The fourth-order valence-electron chi connectivity index (χ4n) is 2.10. The van der Waals surface area contributed by atoms with Gasteiger partial charge in [-0.3, -0.25) is 0 Å². The molecule has 1 aliphatic rings. The Bertz CT molecular complexity index is 375. The van der Waals surface area contributed by atoms with Gasteiger partial charge in [-0.2, -0.15) is 0 Å². The summed E-state index contributed by atoms with van der Waals surface area (Å²) in [5.41, 5.74) is 0.537. The van der Waals surface area contributed by atoms with E-state index in [1.165, 1.54) is 19.2 Å². The lowest BCUT2D eigenvalue weighted by atomic mass is 9.98. The predicted octanol–water partition coefficient (Wildman–Crippen LogP) is 2.44. The SMILES string of the molecule is COc1ccc(C(O)C2CCCCO2)cc1F. The molecule has 1 aromatic carbocycles. The van der Waals surface area contributed by atoms with Gasteiger partial charge in [0.1, 0.15) is 6.10 Å². The van der Waals surface area contributed by atoms with Crippen LogP contribution in [0, 0.1) is 5.82 Å². The molecule has 17 heavy (non-hydrogen) atoms. The van der Waals surface area contributed by atoms with Gasteiger partial charge in [-0.25, -0.2) is 4.39 Å². The zero-order valence-electron chi connectivity index (χ0n) is 9.86. The molecule has 1 heterocycles. The second-order valence-electron chi connectivity index (χ2n) is 4.24. The van der Waals surface area contributed by atoms with Crippen LogP contribution >= 0.6 is 0 Å². The topological polar surface area (TPSA) is 38.7 Å². The van der Waals surface area contributed by atoms with Gasteiger partial charge >= 0.3 is 0 Å². The van der Waals surface area contributed by atoms with E-state index >= 15 is 0 Å². The number of ether oxygens (including phenoxy) is 2. The van der Waals surface area contributed by atoms with E-state index in [4.69, 9.17) is 9.47 Å². The fraction of sp³-hybridized carbons (Fsp3) is 0.538. The van der Waals surface area contributed by atoms with Gasteiger partial charge in [0.25, 0.3) is 0 Å². The third-order valence-electron chi connectivity index (χ3n) is 3.08. The molecule has 1 N–H and O–H groups in total. The molecule has 1 fully saturated rings. The lowest BCUT2D eigenvalue weighted by Gasteiger charge is -2.27. The molecule has 2 unspecified atom stereocenters. The summed E-state index contributed by atoms with van der Waals surface area (Å²) in [5, 5.41) is 10.1. The van der Waals surface area contributed by atoms with Crippen molar-refractivity contribution in [3.8, 4) is 5.75 Å². The first-order chi connectivity index (χ1) is 8.22. The van der Waals surface area contributed by atoms with E-state index in [0.29, 0.717) is 12.2 Å². The van der Waals surface area contributed by atoms with Crippen LogP contribution in [-0.4, -0.2) is 24.9 Å². The van der Waals surface area contributed by atoms with Gasteiger partial charge in [-0.1, -0.05) is 6.07 Å². The molecule has 94 valence electrons. The Balaban J connectivity index is 2.12. The zero-order valence-corrected chi connectivity index (χ0v) is 9.86. The predicted molar refractivity (Wildman–Crippen MR) is 61.5 cm³/mol. The molecule has 0 spiro atoms. The molecule has 0 aromatic heterocycles. The van der Waals surface area contributed by atoms with Crippen molar-refractivity contribution in [3.63, 3.8) is 0 Å². The first kappa shape index (κ1) is 12.3. The van der Waals surface area contributed by atoms with Crippen molar-refractivity contribution in [1.29, 1.82) is 0 Å². The maximum atomic E-state index is 13.5. The summed E-state index contributed by atoms with van der Waals surface area (Å²) in [5.74, 6) is -0.273. The average Bonchev–Trinajstić information content (AvgIpc) is 2.39. The monoisotopic (exact) mass is 240 g/mol. The molecule has 3 nitrogen and oxygen atoms in total. The lowest BCUT2D eigenvalue weighted by Crippen LogP contribution is -2.26. The van der Waals surface area contributed by atoms with Crippen LogP contribution in [-0.2, 0) is 4.74 Å². The Morgan fingerprint density at radius 3 is 2.88 bits per heavy atom. The average molecular weight is 240 g/mol. The molecule has 0 saturated carbocycles. The van der Waals surface area contributed by atoms with Crippen molar-refractivity contribution in [2.75, 3.05) is 13.7 Å². The normalized spacial score (nSPS) is 22.2. The third-order valence-corrected chi connectivity index (χ3v) is 3.08. The van der Waals surface area contributed by atoms with Crippen molar-refractivity contribution in [3.05, 3.63) is 29.6 Å². The number of methoxy groups -OCH3 is 1. The van der Waals surface area contributed by atoms with E-state index < -0.39 is 11.9 Å². The molecule has 1 saturated heterocycles. The Morgan fingerprint density at radius 2 is 2.29 bits per heavy atom. The minimum Gasteiger partial charge on any atom is -0.494 e. The highest BCUT2D eigenvalue weighted by Crippen LogP contribution is 2.28. The van der Waals surface area contributed by atoms with Crippen LogP contribution in [0.1, 0.15) is 30.9 Å². The van der Waals surface area contributed by atoms with Crippen molar-refractivity contribution < 1.29 is 19.0 Å². The van der Waals surface area contributed by atoms with Gasteiger partial charge < -0.3 is 14.6 Å². The molecule has 0 amide bonds. The molecule has 0 aliphatic carbocycles. The molecule has 2 rings (SSSR count). The quantitative estimate of drug-likeness (QED) is 0.882. The second-order valence-corrected chi connectivity index (χ2v) is 4.24. The fourth-order valence-corrected chi connectivity index (χ4v) is 2.10. The maximum Gasteiger partial charge on any atom is 0.165 e. The van der Waals surface area contributed by atoms with E-state index in [-0.39, 0.29) is 11.9 Å². The van der Waals surface area contributed by atoms with E-state index in [0.717, 1.165) is 19.3 Å².